The molecule has 0 radical (unpaired) electrons. The second kappa shape index (κ2) is 7.95. The Morgan fingerprint density at radius 2 is 1.74 bits per heavy atom. The first-order chi connectivity index (χ1) is 13.2. The molecule has 4 nitrogen and oxygen atoms in total. The van der Waals surface area contributed by atoms with Crippen LogP contribution in [-0.2, 0) is 11.2 Å². The van der Waals surface area contributed by atoms with Gasteiger partial charge in [0.15, 0.2) is 0 Å². The summed E-state index contributed by atoms with van der Waals surface area (Å²) in [5, 5.41) is 0. The third kappa shape index (κ3) is 3.75. The minimum atomic E-state index is 0.230. The van der Waals surface area contributed by atoms with Crippen LogP contribution in [0.1, 0.15) is 44.3 Å². The highest BCUT2D eigenvalue weighted by Gasteiger charge is 2.22. The normalized spacial score (nSPS) is 15.1. The number of para-hydroxylation sites is 3. The second-order valence-electron chi connectivity index (χ2n) is 7.48. The Morgan fingerprint density at radius 3 is 2.52 bits per heavy atom. The van der Waals surface area contributed by atoms with Gasteiger partial charge in [0, 0.05) is 31.6 Å². The molecule has 1 amide bonds. The molecule has 4 rings (SSSR count). The van der Waals surface area contributed by atoms with Gasteiger partial charge in [0.25, 0.3) is 0 Å². The van der Waals surface area contributed by atoms with Crippen molar-refractivity contribution in [1.82, 2.24) is 14.5 Å². The van der Waals surface area contributed by atoms with Gasteiger partial charge in [-0.15, -0.1) is 0 Å². The molecule has 0 N–H and O–H groups in total. The number of imidazole rings is 1. The first-order valence-corrected chi connectivity index (χ1v) is 10.0. The van der Waals surface area contributed by atoms with Crippen molar-refractivity contribution in [3.05, 3.63) is 60.4 Å². The van der Waals surface area contributed by atoms with E-state index in [0.29, 0.717) is 18.9 Å². The van der Waals surface area contributed by atoms with Gasteiger partial charge in [-0.2, -0.15) is 0 Å². The van der Waals surface area contributed by atoms with Gasteiger partial charge >= 0.3 is 0 Å². The lowest BCUT2D eigenvalue weighted by Gasteiger charge is -2.31. The van der Waals surface area contributed by atoms with E-state index < -0.39 is 0 Å². The lowest BCUT2D eigenvalue weighted by Crippen LogP contribution is -2.38. The lowest BCUT2D eigenvalue weighted by molar-refractivity contribution is -0.132. The van der Waals surface area contributed by atoms with E-state index in [0.717, 1.165) is 35.4 Å². The molecule has 1 aliphatic carbocycles. The van der Waals surface area contributed by atoms with E-state index in [9.17, 15) is 4.79 Å². The molecule has 1 aliphatic rings. The first-order valence-electron chi connectivity index (χ1n) is 10.0. The van der Waals surface area contributed by atoms with E-state index >= 15 is 0 Å². The van der Waals surface area contributed by atoms with E-state index in [2.05, 4.69) is 22.8 Å². The molecular formula is C23H27N3O. The summed E-state index contributed by atoms with van der Waals surface area (Å²) in [4.78, 5) is 19.6. The van der Waals surface area contributed by atoms with Gasteiger partial charge in [-0.25, -0.2) is 4.98 Å². The molecule has 1 fully saturated rings. The van der Waals surface area contributed by atoms with Gasteiger partial charge in [-0.05, 0) is 37.1 Å². The highest BCUT2D eigenvalue weighted by molar-refractivity contribution is 5.79. The summed E-state index contributed by atoms with van der Waals surface area (Å²) in [6.45, 7) is 0. The van der Waals surface area contributed by atoms with Crippen molar-refractivity contribution in [2.24, 2.45) is 0 Å². The average Bonchev–Trinajstić information content (AvgIpc) is 3.11. The van der Waals surface area contributed by atoms with E-state index in [1.807, 2.05) is 48.3 Å². The van der Waals surface area contributed by atoms with Crippen LogP contribution >= 0.6 is 0 Å². The number of amides is 1. The molecule has 0 atom stereocenters. The summed E-state index contributed by atoms with van der Waals surface area (Å²) in [6.07, 6.45) is 7.23. The van der Waals surface area contributed by atoms with Crippen molar-refractivity contribution in [2.75, 3.05) is 7.05 Å². The summed E-state index contributed by atoms with van der Waals surface area (Å²) < 4.78 is 2.18. The Labute approximate surface area is 160 Å². The quantitative estimate of drug-likeness (QED) is 0.658. The van der Waals surface area contributed by atoms with Gasteiger partial charge in [-0.1, -0.05) is 49.6 Å². The van der Waals surface area contributed by atoms with Crippen LogP contribution in [0, 0.1) is 0 Å². The molecule has 27 heavy (non-hydrogen) atoms. The predicted molar refractivity (Wildman–Crippen MR) is 109 cm³/mol. The molecule has 1 aromatic heterocycles. The van der Waals surface area contributed by atoms with Crippen LogP contribution in [0.2, 0.25) is 0 Å². The molecule has 4 heteroatoms. The number of aromatic nitrogens is 2. The molecule has 2 aromatic carbocycles. The van der Waals surface area contributed by atoms with Crippen LogP contribution in [0.4, 0.5) is 0 Å². The van der Waals surface area contributed by atoms with Crippen molar-refractivity contribution in [3.63, 3.8) is 0 Å². The molecule has 0 aliphatic heterocycles. The number of nitrogens with zero attached hydrogens (tertiary/aromatic N) is 3. The molecule has 1 saturated carbocycles. The molecule has 140 valence electrons. The van der Waals surface area contributed by atoms with Crippen LogP contribution in [0.25, 0.3) is 16.7 Å². The first kappa shape index (κ1) is 17.8. The van der Waals surface area contributed by atoms with E-state index in [-0.39, 0.29) is 5.91 Å². The maximum Gasteiger partial charge on any atom is 0.223 e. The summed E-state index contributed by atoms with van der Waals surface area (Å²) in [7, 11) is 1.97. The fourth-order valence-corrected chi connectivity index (χ4v) is 4.18. The maximum atomic E-state index is 12.8. The van der Waals surface area contributed by atoms with Gasteiger partial charge in [0.2, 0.25) is 5.91 Å². The van der Waals surface area contributed by atoms with Crippen molar-refractivity contribution < 1.29 is 4.79 Å². The Hall–Kier alpha value is -2.62. The van der Waals surface area contributed by atoms with Crippen molar-refractivity contribution >= 4 is 16.9 Å². The Morgan fingerprint density at radius 1 is 1.04 bits per heavy atom. The monoisotopic (exact) mass is 361 g/mol. The number of carbonyl (C=O) groups is 1. The highest BCUT2D eigenvalue weighted by atomic mass is 16.2. The fourth-order valence-electron chi connectivity index (χ4n) is 4.18. The summed E-state index contributed by atoms with van der Waals surface area (Å²) >= 11 is 0. The number of hydrogen-bond donors (Lipinski definition) is 0. The number of hydrogen-bond acceptors (Lipinski definition) is 2. The lowest BCUT2D eigenvalue weighted by atomic mass is 9.94. The Kier molecular flexibility index (Phi) is 5.23. The van der Waals surface area contributed by atoms with E-state index in [4.69, 9.17) is 4.98 Å². The molecule has 1 heterocycles. The van der Waals surface area contributed by atoms with Crippen LogP contribution in [0.5, 0.6) is 0 Å². The molecule has 0 unspecified atom stereocenters. The maximum absolute atomic E-state index is 12.8. The van der Waals surface area contributed by atoms with Gasteiger partial charge in [-0.3, -0.25) is 9.36 Å². The minimum Gasteiger partial charge on any atom is -0.343 e. The van der Waals surface area contributed by atoms with Crippen LogP contribution in [0.15, 0.2) is 54.6 Å². The van der Waals surface area contributed by atoms with Crippen molar-refractivity contribution in [1.29, 1.82) is 0 Å². The zero-order chi connectivity index (χ0) is 18.6. The SMILES string of the molecule is CN(C(=O)CCc1nc2ccccc2n1-c1ccccc1)C1CCCCC1. The Balaban J connectivity index is 1.56. The van der Waals surface area contributed by atoms with Gasteiger partial charge in [0.05, 0.1) is 11.0 Å². The summed E-state index contributed by atoms with van der Waals surface area (Å²) in [5.41, 5.74) is 3.16. The second-order valence-corrected chi connectivity index (χ2v) is 7.48. The van der Waals surface area contributed by atoms with Crippen LogP contribution in [-0.4, -0.2) is 33.4 Å². The smallest absolute Gasteiger partial charge is 0.223 e. The third-order valence-electron chi connectivity index (χ3n) is 5.72. The molecule has 0 saturated heterocycles. The summed E-state index contributed by atoms with van der Waals surface area (Å²) in [6, 6.07) is 18.9. The number of aryl methyl sites for hydroxylation is 1. The zero-order valence-corrected chi connectivity index (χ0v) is 16.0. The molecular weight excluding hydrogens is 334 g/mol. The number of carbonyl (C=O) groups excluding carboxylic acids is 1. The predicted octanol–water partition coefficient (Wildman–Crippen LogP) is 4.75. The fraction of sp³-hybridized carbons (Fsp3) is 0.391. The van der Waals surface area contributed by atoms with E-state index in [1.165, 1.54) is 19.3 Å². The average molecular weight is 361 g/mol. The van der Waals surface area contributed by atoms with E-state index in [1.54, 1.807) is 0 Å². The number of benzene rings is 2. The van der Waals surface area contributed by atoms with Gasteiger partial charge < -0.3 is 4.90 Å². The third-order valence-corrected chi connectivity index (χ3v) is 5.72. The zero-order valence-electron chi connectivity index (χ0n) is 16.0. The molecule has 3 aromatic rings. The standard InChI is InChI=1S/C23H27N3O/c1-25(18-10-4-2-5-11-18)23(27)17-16-22-24-20-14-8-9-15-21(20)26(22)19-12-6-3-7-13-19/h3,6-9,12-15,18H,2,4-5,10-11,16-17H2,1H3. The van der Waals surface area contributed by atoms with Gasteiger partial charge in [0.1, 0.15) is 5.82 Å². The number of fused-ring (bicyclic) bond motifs is 1. The Bertz CT molecular complexity index is 910. The van der Waals surface area contributed by atoms with Crippen molar-refractivity contribution in [2.45, 2.75) is 51.0 Å². The molecule has 0 bridgehead atoms. The number of rotatable bonds is 5. The highest BCUT2D eigenvalue weighted by Crippen LogP contribution is 2.24. The van der Waals surface area contributed by atoms with Crippen LogP contribution < -0.4 is 0 Å². The topological polar surface area (TPSA) is 38.1 Å². The minimum absolute atomic E-state index is 0.230. The largest absolute Gasteiger partial charge is 0.343 e. The molecule has 0 spiro atoms. The van der Waals surface area contributed by atoms with Crippen LogP contribution in [0.3, 0.4) is 0 Å². The summed E-state index contributed by atoms with van der Waals surface area (Å²) in [5.74, 6) is 1.18. The van der Waals surface area contributed by atoms with Crippen molar-refractivity contribution in [3.8, 4) is 5.69 Å².